The number of carbonyl (C=O) groups excluding carboxylic acids is 1. The minimum atomic E-state index is -0.738. The summed E-state index contributed by atoms with van der Waals surface area (Å²) in [5, 5.41) is 8.66. The summed E-state index contributed by atoms with van der Waals surface area (Å²) in [6.07, 6.45) is 1.18. The molecular weight excluding hydrogens is 170 g/mol. The summed E-state index contributed by atoms with van der Waals surface area (Å²) in [7, 11) is 0. The van der Waals surface area contributed by atoms with Crippen LogP contribution in [0.15, 0.2) is 0 Å². The lowest BCUT2D eigenvalue weighted by Gasteiger charge is -2.28. The topological polar surface area (TPSA) is 57.6 Å². The van der Waals surface area contributed by atoms with Gasteiger partial charge in [-0.05, 0) is 12.8 Å². The number of carbonyl (C=O) groups is 2. The lowest BCUT2D eigenvalue weighted by atomic mass is 9.97. The van der Waals surface area contributed by atoms with Crippen LogP contribution in [-0.4, -0.2) is 35.0 Å². The summed E-state index contributed by atoms with van der Waals surface area (Å²) < 4.78 is 0. The Hall–Kier alpha value is -1.06. The molecule has 1 amide bonds. The fourth-order valence-corrected chi connectivity index (χ4v) is 1.44. The van der Waals surface area contributed by atoms with Crippen molar-refractivity contribution in [2.45, 2.75) is 27.2 Å². The highest BCUT2D eigenvalue weighted by molar-refractivity contribution is 5.74. The highest BCUT2D eigenvalue weighted by Crippen LogP contribution is 2.16. The number of rotatable bonds is 1. The van der Waals surface area contributed by atoms with Gasteiger partial charge in [0, 0.05) is 20.0 Å². The average Bonchev–Trinajstić information content (AvgIpc) is 2.04. The summed E-state index contributed by atoms with van der Waals surface area (Å²) in [6.45, 7) is 2.69. The average molecular weight is 187 g/mol. The largest absolute Gasteiger partial charge is 0.481 e. The molecule has 0 spiro atoms. The molecule has 0 saturated carbocycles. The number of amides is 1. The van der Waals surface area contributed by atoms with Gasteiger partial charge in [-0.1, -0.05) is 7.43 Å². The van der Waals surface area contributed by atoms with Crippen molar-refractivity contribution in [3.8, 4) is 0 Å². The van der Waals surface area contributed by atoms with Crippen molar-refractivity contribution in [1.82, 2.24) is 4.90 Å². The van der Waals surface area contributed by atoms with E-state index in [0.29, 0.717) is 25.9 Å². The van der Waals surface area contributed by atoms with Crippen molar-refractivity contribution < 1.29 is 14.7 Å². The van der Waals surface area contributed by atoms with Crippen LogP contribution in [0.1, 0.15) is 27.2 Å². The molecule has 1 N–H and O–H groups in total. The van der Waals surface area contributed by atoms with E-state index < -0.39 is 5.97 Å². The van der Waals surface area contributed by atoms with E-state index in [4.69, 9.17) is 5.11 Å². The second-order valence-electron chi connectivity index (χ2n) is 3.12. The highest BCUT2D eigenvalue weighted by Gasteiger charge is 2.25. The number of hydrogen-bond acceptors (Lipinski definition) is 2. The molecule has 0 aromatic rings. The first-order chi connectivity index (χ1) is 5.61. The number of nitrogens with zero attached hydrogens (tertiary/aromatic N) is 1. The number of hydrogen-bond donors (Lipinski definition) is 1. The number of likely N-dealkylation sites (tertiary alicyclic amines) is 1. The molecule has 1 fully saturated rings. The zero-order valence-electron chi connectivity index (χ0n) is 7.12. The van der Waals surface area contributed by atoms with Gasteiger partial charge in [0.25, 0.3) is 0 Å². The molecule has 0 aliphatic carbocycles. The first kappa shape index (κ1) is 11.9. The van der Waals surface area contributed by atoms with E-state index in [1.54, 1.807) is 4.90 Å². The van der Waals surface area contributed by atoms with Crippen LogP contribution in [0.25, 0.3) is 0 Å². The molecule has 0 aromatic heterocycles. The Labute approximate surface area is 78.5 Å². The van der Waals surface area contributed by atoms with Gasteiger partial charge in [0.15, 0.2) is 0 Å². The first-order valence-electron chi connectivity index (χ1n) is 4.09. The lowest BCUT2D eigenvalue weighted by molar-refractivity contribution is -0.145. The smallest absolute Gasteiger partial charge is 0.306 e. The third-order valence-electron chi connectivity index (χ3n) is 2.29. The van der Waals surface area contributed by atoms with Gasteiger partial charge < -0.3 is 10.0 Å². The number of carboxylic acids is 1. The molecule has 1 aliphatic rings. The molecule has 1 saturated heterocycles. The van der Waals surface area contributed by atoms with Gasteiger partial charge in [-0.25, -0.2) is 0 Å². The van der Waals surface area contributed by atoms with Crippen LogP contribution >= 0.6 is 0 Å². The standard InChI is InChI=1S/C8H13NO3.CH4/c1-6(10)9-4-2-7(3-5-9)8(11)12;/h7H,2-5H2,1H3,(H,11,12);1H4. The molecule has 4 nitrogen and oxygen atoms in total. The Bertz CT molecular complexity index is 173. The molecule has 0 unspecified atom stereocenters. The molecule has 1 aliphatic heterocycles. The van der Waals surface area contributed by atoms with E-state index in [2.05, 4.69) is 0 Å². The summed E-state index contributed by atoms with van der Waals surface area (Å²) in [5.74, 6) is -0.947. The molecule has 0 radical (unpaired) electrons. The molecule has 1 heterocycles. The van der Waals surface area contributed by atoms with Crippen molar-refractivity contribution >= 4 is 11.9 Å². The predicted octanol–water partition coefficient (Wildman–Crippen LogP) is 0.966. The molecule has 4 heteroatoms. The number of carboxylic acid groups (broad SMARTS) is 1. The van der Waals surface area contributed by atoms with Crippen molar-refractivity contribution in [2.24, 2.45) is 5.92 Å². The zero-order valence-corrected chi connectivity index (χ0v) is 7.12. The van der Waals surface area contributed by atoms with Crippen LogP contribution in [0, 0.1) is 5.92 Å². The van der Waals surface area contributed by atoms with Crippen LogP contribution in [0.4, 0.5) is 0 Å². The van der Waals surface area contributed by atoms with E-state index in [9.17, 15) is 9.59 Å². The Balaban J connectivity index is 0.00000144. The van der Waals surface area contributed by atoms with Crippen molar-refractivity contribution in [3.63, 3.8) is 0 Å². The maximum Gasteiger partial charge on any atom is 0.306 e. The molecule has 1 rings (SSSR count). The fraction of sp³-hybridized carbons (Fsp3) is 0.778. The third kappa shape index (κ3) is 3.05. The lowest BCUT2D eigenvalue weighted by Crippen LogP contribution is -2.38. The van der Waals surface area contributed by atoms with Gasteiger partial charge >= 0.3 is 5.97 Å². The minimum Gasteiger partial charge on any atom is -0.481 e. The monoisotopic (exact) mass is 187 g/mol. The van der Waals surface area contributed by atoms with E-state index in [0.717, 1.165) is 0 Å². The summed E-state index contributed by atoms with van der Waals surface area (Å²) in [6, 6.07) is 0. The Morgan fingerprint density at radius 1 is 1.31 bits per heavy atom. The van der Waals surface area contributed by atoms with Crippen molar-refractivity contribution in [3.05, 3.63) is 0 Å². The maximum absolute atomic E-state index is 10.9. The van der Waals surface area contributed by atoms with Gasteiger partial charge in [0.05, 0.1) is 5.92 Å². The first-order valence-corrected chi connectivity index (χ1v) is 4.09. The Kier molecular flexibility index (Phi) is 4.45. The molecule has 13 heavy (non-hydrogen) atoms. The molecule has 0 bridgehead atoms. The van der Waals surface area contributed by atoms with Crippen LogP contribution in [0.5, 0.6) is 0 Å². The van der Waals surface area contributed by atoms with E-state index in [1.165, 1.54) is 6.92 Å². The third-order valence-corrected chi connectivity index (χ3v) is 2.29. The second-order valence-corrected chi connectivity index (χ2v) is 3.12. The van der Waals surface area contributed by atoms with E-state index in [-0.39, 0.29) is 19.3 Å². The molecule has 0 aromatic carbocycles. The Morgan fingerprint density at radius 2 is 1.77 bits per heavy atom. The van der Waals surface area contributed by atoms with Crippen molar-refractivity contribution in [1.29, 1.82) is 0 Å². The minimum absolute atomic E-state index is 0. The van der Waals surface area contributed by atoms with Crippen LogP contribution < -0.4 is 0 Å². The quantitative estimate of drug-likeness (QED) is 0.665. The van der Waals surface area contributed by atoms with Crippen molar-refractivity contribution in [2.75, 3.05) is 13.1 Å². The van der Waals surface area contributed by atoms with Gasteiger partial charge in [-0.2, -0.15) is 0 Å². The number of piperidine rings is 1. The van der Waals surface area contributed by atoms with Gasteiger partial charge in [-0.15, -0.1) is 0 Å². The van der Waals surface area contributed by atoms with Crippen LogP contribution in [-0.2, 0) is 9.59 Å². The fourth-order valence-electron chi connectivity index (χ4n) is 1.44. The zero-order chi connectivity index (χ0) is 9.14. The Morgan fingerprint density at radius 3 is 2.08 bits per heavy atom. The molecule has 76 valence electrons. The summed E-state index contributed by atoms with van der Waals surface area (Å²) in [5.41, 5.74) is 0. The maximum atomic E-state index is 10.9. The van der Waals surface area contributed by atoms with Crippen LogP contribution in [0.2, 0.25) is 0 Å². The molecule has 0 atom stereocenters. The van der Waals surface area contributed by atoms with E-state index in [1.807, 2.05) is 0 Å². The SMILES string of the molecule is C.CC(=O)N1CCC(C(=O)O)CC1. The molecular formula is C9H17NO3. The van der Waals surface area contributed by atoms with Gasteiger partial charge in [0.1, 0.15) is 0 Å². The second kappa shape index (κ2) is 4.84. The van der Waals surface area contributed by atoms with Gasteiger partial charge in [-0.3, -0.25) is 9.59 Å². The summed E-state index contributed by atoms with van der Waals surface area (Å²) >= 11 is 0. The summed E-state index contributed by atoms with van der Waals surface area (Å²) in [4.78, 5) is 23.1. The number of aliphatic carboxylic acids is 1. The normalized spacial score (nSPS) is 17.8. The van der Waals surface area contributed by atoms with Crippen LogP contribution in [0.3, 0.4) is 0 Å². The predicted molar refractivity (Wildman–Crippen MR) is 49.3 cm³/mol. The van der Waals surface area contributed by atoms with E-state index >= 15 is 0 Å². The van der Waals surface area contributed by atoms with Gasteiger partial charge in [0.2, 0.25) is 5.91 Å². The highest BCUT2D eigenvalue weighted by atomic mass is 16.4.